The van der Waals surface area contributed by atoms with Crippen molar-refractivity contribution >= 4 is 10.0 Å². The van der Waals surface area contributed by atoms with E-state index in [-0.39, 0.29) is 12.1 Å². The van der Waals surface area contributed by atoms with Gasteiger partial charge in [0.25, 0.3) is 0 Å². The first-order valence-corrected chi connectivity index (χ1v) is 7.02. The maximum Gasteiger partial charge on any atom is 0.211 e. The highest BCUT2D eigenvalue weighted by atomic mass is 32.2. The van der Waals surface area contributed by atoms with E-state index >= 15 is 0 Å². The smallest absolute Gasteiger partial charge is 0.211 e. The molecular formula is C11H16N2O2S. The zero-order valence-electron chi connectivity index (χ0n) is 9.42. The Morgan fingerprint density at radius 3 is 2.62 bits per heavy atom. The molecule has 0 fully saturated rings. The van der Waals surface area contributed by atoms with Crippen LogP contribution in [0, 0.1) is 0 Å². The maximum atomic E-state index is 11.5. The fraction of sp³-hybridized carbons (Fsp3) is 0.455. The van der Waals surface area contributed by atoms with E-state index in [0.29, 0.717) is 0 Å². The van der Waals surface area contributed by atoms with E-state index in [1.165, 1.54) is 10.6 Å². The van der Waals surface area contributed by atoms with Crippen LogP contribution >= 0.6 is 0 Å². The van der Waals surface area contributed by atoms with Crippen LogP contribution in [0.15, 0.2) is 24.3 Å². The van der Waals surface area contributed by atoms with Crippen molar-refractivity contribution in [1.29, 1.82) is 0 Å². The maximum absolute atomic E-state index is 11.5. The molecule has 1 aliphatic carbocycles. The van der Waals surface area contributed by atoms with Crippen molar-refractivity contribution in [2.24, 2.45) is 5.73 Å². The molecule has 1 aromatic rings. The van der Waals surface area contributed by atoms with Crippen molar-refractivity contribution in [1.82, 2.24) is 4.31 Å². The summed E-state index contributed by atoms with van der Waals surface area (Å²) in [5.74, 6) is 0. The van der Waals surface area contributed by atoms with Crippen LogP contribution in [0.3, 0.4) is 0 Å². The molecule has 4 nitrogen and oxygen atoms in total. The molecule has 2 N–H and O–H groups in total. The Balaban J connectivity index is 2.43. The van der Waals surface area contributed by atoms with Gasteiger partial charge in [0.15, 0.2) is 0 Å². The fourth-order valence-corrected chi connectivity index (χ4v) is 2.96. The standard InChI is InChI=1S/C11H16N2O2S/c1-13(16(2,14)15)11-9-6-4-3-5-8(9)7-10(11)12/h3-6,10-11H,7,12H2,1-2H3. The van der Waals surface area contributed by atoms with Crippen LogP contribution in [0.4, 0.5) is 0 Å². The minimum atomic E-state index is -3.21. The summed E-state index contributed by atoms with van der Waals surface area (Å²) < 4.78 is 24.5. The van der Waals surface area contributed by atoms with Crippen molar-refractivity contribution in [2.75, 3.05) is 13.3 Å². The molecule has 0 aromatic heterocycles. The van der Waals surface area contributed by atoms with Gasteiger partial charge in [-0.15, -0.1) is 0 Å². The molecule has 0 spiro atoms. The number of hydrogen-bond acceptors (Lipinski definition) is 3. The second-order valence-electron chi connectivity index (χ2n) is 4.29. The molecule has 2 rings (SSSR count). The highest BCUT2D eigenvalue weighted by molar-refractivity contribution is 7.88. The fourth-order valence-electron chi connectivity index (χ4n) is 2.28. The topological polar surface area (TPSA) is 63.4 Å². The van der Waals surface area contributed by atoms with Crippen LogP contribution in [-0.4, -0.2) is 32.1 Å². The molecule has 1 aliphatic rings. The number of fused-ring (bicyclic) bond motifs is 1. The number of benzene rings is 1. The van der Waals surface area contributed by atoms with Gasteiger partial charge in [0, 0.05) is 13.1 Å². The van der Waals surface area contributed by atoms with Crippen LogP contribution in [0.25, 0.3) is 0 Å². The van der Waals surface area contributed by atoms with Crippen molar-refractivity contribution < 1.29 is 8.42 Å². The van der Waals surface area contributed by atoms with Crippen molar-refractivity contribution in [3.63, 3.8) is 0 Å². The van der Waals surface area contributed by atoms with Gasteiger partial charge in [-0.25, -0.2) is 8.42 Å². The van der Waals surface area contributed by atoms with Gasteiger partial charge in [-0.3, -0.25) is 0 Å². The van der Waals surface area contributed by atoms with Gasteiger partial charge >= 0.3 is 0 Å². The lowest BCUT2D eigenvalue weighted by molar-refractivity contribution is 0.345. The van der Waals surface area contributed by atoms with Gasteiger partial charge in [0.05, 0.1) is 12.3 Å². The second-order valence-corrected chi connectivity index (χ2v) is 6.33. The van der Waals surface area contributed by atoms with Crippen molar-refractivity contribution in [3.05, 3.63) is 35.4 Å². The third-order valence-corrected chi connectivity index (χ3v) is 4.42. The Morgan fingerprint density at radius 2 is 2.00 bits per heavy atom. The van der Waals surface area contributed by atoms with Gasteiger partial charge in [-0.2, -0.15) is 4.31 Å². The van der Waals surface area contributed by atoms with Gasteiger partial charge < -0.3 is 5.73 Å². The molecule has 1 aromatic carbocycles. The molecule has 0 bridgehead atoms. The van der Waals surface area contributed by atoms with Gasteiger partial charge in [-0.1, -0.05) is 24.3 Å². The molecule has 0 saturated carbocycles. The van der Waals surface area contributed by atoms with Crippen LogP contribution in [0.2, 0.25) is 0 Å². The SMILES string of the molecule is CN(C1c2ccccc2CC1N)S(C)(=O)=O. The first-order chi connectivity index (χ1) is 7.41. The zero-order valence-corrected chi connectivity index (χ0v) is 10.2. The van der Waals surface area contributed by atoms with Crippen LogP contribution < -0.4 is 5.73 Å². The Hall–Kier alpha value is -0.910. The Kier molecular flexibility index (Phi) is 2.77. The monoisotopic (exact) mass is 240 g/mol. The lowest BCUT2D eigenvalue weighted by Gasteiger charge is -2.26. The summed E-state index contributed by atoms with van der Waals surface area (Å²) >= 11 is 0. The van der Waals surface area contributed by atoms with E-state index in [9.17, 15) is 8.42 Å². The summed E-state index contributed by atoms with van der Waals surface area (Å²) in [5.41, 5.74) is 8.20. The molecule has 0 saturated heterocycles. The predicted octanol–water partition coefficient (Wildman–Crippen LogP) is 0.503. The normalized spacial score (nSPS) is 24.8. The second kappa shape index (κ2) is 3.84. The largest absolute Gasteiger partial charge is 0.326 e. The minimum absolute atomic E-state index is 0.155. The number of sulfonamides is 1. The van der Waals surface area contributed by atoms with E-state index in [1.54, 1.807) is 7.05 Å². The number of rotatable bonds is 2. The Morgan fingerprint density at radius 1 is 1.38 bits per heavy atom. The molecular weight excluding hydrogens is 224 g/mol. The molecule has 2 atom stereocenters. The average Bonchev–Trinajstić information content (AvgIpc) is 2.51. The molecule has 5 heteroatoms. The summed E-state index contributed by atoms with van der Waals surface area (Å²) in [6.45, 7) is 0. The number of likely N-dealkylation sites (N-methyl/N-ethyl adjacent to an activating group) is 1. The summed E-state index contributed by atoms with van der Waals surface area (Å²) in [6, 6.07) is 7.44. The lowest BCUT2D eigenvalue weighted by atomic mass is 10.1. The molecule has 0 radical (unpaired) electrons. The summed E-state index contributed by atoms with van der Waals surface area (Å²) in [5, 5.41) is 0. The summed E-state index contributed by atoms with van der Waals surface area (Å²) in [6.07, 6.45) is 1.95. The quantitative estimate of drug-likeness (QED) is 0.819. The van der Waals surface area contributed by atoms with Crippen LogP contribution in [0.1, 0.15) is 17.2 Å². The molecule has 0 aliphatic heterocycles. The Labute approximate surface area is 96.1 Å². The first-order valence-electron chi connectivity index (χ1n) is 5.17. The lowest BCUT2D eigenvalue weighted by Crippen LogP contribution is -2.39. The van der Waals surface area contributed by atoms with E-state index in [0.717, 1.165) is 17.5 Å². The number of hydrogen-bond donors (Lipinski definition) is 1. The average molecular weight is 240 g/mol. The Bertz CT molecular complexity index is 498. The molecule has 0 amide bonds. The number of nitrogens with zero attached hydrogens (tertiary/aromatic N) is 1. The summed E-state index contributed by atoms with van der Waals surface area (Å²) in [4.78, 5) is 0. The zero-order chi connectivity index (χ0) is 11.9. The van der Waals surface area contributed by atoms with Gasteiger partial charge in [0.1, 0.15) is 0 Å². The van der Waals surface area contributed by atoms with Gasteiger partial charge in [-0.05, 0) is 17.5 Å². The van der Waals surface area contributed by atoms with E-state index in [4.69, 9.17) is 5.73 Å². The molecule has 16 heavy (non-hydrogen) atoms. The highest BCUT2D eigenvalue weighted by Gasteiger charge is 2.35. The van der Waals surface area contributed by atoms with E-state index in [2.05, 4.69) is 0 Å². The molecule has 0 heterocycles. The minimum Gasteiger partial charge on any atom is -0.326 e. The van der Waals surface area contributed by atoms with E-state index < -0.39 is 10.0 Å². The molecule has 2 unspecified atom stereocenters. The highest BCUT2D eigenvalue weighted by Crippen LogP contribution is 2.35. The van der Waals surface area contributed by atoms with E-state index in [1.807, 2.05) is 24.3 Å². The van der Waals surface area contributed by atoms with Gasteiger partial charge in [0.2, 0.25) is 10.0 Å². The van der Waals surface area contributed by atoms with Crippen molar-refractivity contribution in [2.45, 2.75) is 18.5 Å². The first kappa shape index (κ1) is 11.6. The third kappa shape index (κ3) is 1.86. The summed E-state index contributed by atoms with van der Waals surface area (Å²) in [7, 11) is -1.62. The van der Waals surface area contributed by atoms with Crippen LogP contribution in [0.5, 0.6) is 0 Å². The number of nitrogens with two attached hydrogens (primary N) is 1. The van der Waals surface area contributed by atoms with Crippen molar-refractivity contribution in [3.8, 4) is 0 Å². The van der Waals surface area contributed by atoms with Crippen LogP contribution in [-0.2, 0) is 16.4 Å². The predicted molar refractivity (Wildman–Crippen MR) is 63.5 cm³/mol. The molecule has 88 valence electrons. The third-order valence-electron chi connectivity index (χ3n) is 3.15.